The Morgan fingerprint density at radius 1 is 0.379 bits per heavy atom. The summed E-state index contributed by atoms with van der Waals surface area (Å²) in [4.78, 5) is 0. The molecule has 0 saturated carbocycles. The standard InChI is InChI=1S/C26H54O2S/c1-3-5-7-9-11-13-15-17-21-27-23-19-25-29-26-20-24-28-22-18-16-14-12-10-8-6-4-2/h3-26H2,1-2H3. The first-order valence-electron chi connectivity index (χ1n) is 13.1. The Kier molecular flexibility index (Phi) is 28.5. The highest BCUT2D eigenvalue weighted by molar-refractivity contribution is 7.99. The largest absolute Gasteiger partial charge is 0.381 e. The number of rotatable bonds is 26. The van der Waals surface area contributed by atoms with Crippen LogP contribution in [0, 0.1) is 0 Å². The number of thioether (sulfide) groups is 1. The van der Waals surface area contributed by atoms with Crippen molar-refractivity contribution in [3.8, 4) is 0 Å². The van der Waals surface area contributed by atoms with Crippen LogP contribution >= 0.6 is 11.8 Å². The van der Waals surface area contributed by atoms with E-state index in [1.54, 1.807) is 0 Å². The molecular formula is C26H54O2S. The summed E-state index contributed by atoms with van der Waals surface area (Å²) < 4.78 is 11.5. The van der Waals surface area contributed by atoms with Crippen LogP contribution in [0.2, 0.25) is 0 Å². The van der Waals surface area contributed by atoms with E-state index in [1.807, 2.05) is 0 Å². The zero-order valence-electron chi connectivity index (χ0n) is 20.2. The molecule has 0 N–H and O–H groups in total. The van der Waals surface area contributed by atoms with Crippen molar-refractivity contribution in [2.75, 3.05) is 37.9 Å². The monoisotopic (exact) mass is 430 g/mol. The van der Waals surface area contributed by atoms with Gasteiger partial charge < -0.3 is 9.47 Å². The average Bonchev–Trinajstić information content (AvgIpc) is 2.74. The molecule has 0 amide bonds. The summed E-state index contributed by atoms with van der Waals surface area (Å²) in [7, 11) is 0. The van der Waals surface area contributed by atoms with Gasteiger partial charge in [-0.2, -0.15) is 11.8 Å². The lowest BCUT2D eigenvalue weighted by Gasteiger charge is -2.06. The third-order valence-electron chi connectivity index (χ3n) is 5.44. The molecule has 0 aromatic carbocycles. The predicted octanol–water partition coefficient (Wildman–Crippen LogP) is 8.81. The quantitative estimate of drug-likeness (QED) is 0.128. The smallest absolute Gasteiger partial charge is 0.0473 e. The van der Waals surface area contributed by atoms with Crippen LogP contribution in [-0.2, 0) is 9.47 Å². The van der Waals surface area contributed by atoms with Gasteiger partial charge in [0.2, 0.25) is 0 Å². The van der Waals surface area contributed by atoms with Gasteiger partial charge in [0.1, 0.15) is 0 Å². The first-order valence-corrected chi connectivity index (χ1v) is 14.3. The van der Waals surface area contributed by atoms with Crippen LogP contribution in [0.15, 0.2) is 0 Å². The topological polar surface area (TPSA) is 18.5 Å². The fourth-order valence-corrected chi connectivity index (χ4v) is 4.36. The average molecular weight is 431 g/mol. The molecule has 0 unspecified atom stereocenters. The maximum absolute atomic E-state index is 5.76. The molecule has 0 fully saturated rings. The van der Waals surface area contributed by atoms with Gasteiger partial charge in [-0.1, -0.05) is 104 Å². The maximum Gasteiger partial charge on any atom is 0.0473 e. The van der Waals surface area contributed by atoms with Crippen LogP contribution < -0.4 is 0 Å². The third kappa shape index (κ3) is 28.3. The van der Waals surface area contributed by atoms with Crippen molar-refractivity contribution in [2.24, 2.45) is 0 Å². The van der Waals surface area contributed by atoms with Crippen molar-refractivity contribution in [3.63, 3.8) is 0 Å². The highest BCUT2D eigenvalue weighted by Gasteiger charge is 1.95. The molecule has 2 nitrogen and oxygen atoms in total. The van der Waals surface area contributed by atoms with E-state index in [1.165, 1.54) is 127 Å². The first-order chi connectivity index (χ1) is 14.4. The Labute approximate surface area is 188 Å². The van der Waals surface area contributed by atoms with E-state index in [-0.39, 0.29) is 0 Å². The molecule has 29 heavy (non-hydrogen) atoms. The summed E-state index contributed by atoms with van der Waals surface area (Å²) in [5.41, 5.74) is 0. The Morgan fingerprint density at radius 3 is 1.07 bits per heavy atom. The van der Waals surface area contributed by atoms with Crippen LogP contribution in [0.25, 0.3) is 0 Å². The van der Waals surface area contributed by atoms with Gasteiger partial charge >= 0.3 is 0 Å². The van der Waals surface area contributed by atoms with E-state index in [4.69, 9.17) is 9.47 Å². The molecule has 176 valence electrons. The van der Waals surface area contributed by atoms with Crippen molar-refractivity contribution in [2.45, 2.75) is 129 Å². The van der Waals surface area contributed by atoms with Gasteiger partial charge in [0.15, 0.2) is 0 Å². The van der Waals surface area contributed by atoms with Crippen molar-refractivity contribution in [1.82, 2.24) is 0 Å². The molecule has 0 saturated heterocycles. The number of hydrogen-bond acceptors (Lipinski definition) is 3. The fraction of sp³-hybridized carbons (Fsp3) is 1.00. The predicted molar refractivity (Wildman–Crippen MR) is 133 cm³/mol. The van der Waals surface area contributed by atoms with Gasteiger partial charge in [-0.25, -0.2) is 0 Å². The minimum Gasteiger partial charge on any atom is -0.381 e. The summed E-state index contributed by atoms with van der Waals surface area (Å²) >= 11 is 2.06. The molecule has 0 radical (unpaired) electrons. The Balaban J connectivity index is 2.97. The van der Waals surface area contributed by atoms with E-state index in [0.717, 1.165) is 26.4 Å². The number of ether oxygens (including phenoxy) is 2. The first kappa shape index (κ1) is 29.3. The second-order valence-electron chi connectivity index (χ2n) is 8.49. The molecule has 0 aliphatic rings. The lowest BCUT2D eigenvalue weighted by Crippen LogP contribution is -2.00. The molecule has 0 atom stereocenters. The van der Waals surface area contributed by atoms with Crippen molar-refractivity contribution >= 4 is 11.8 Å². The Morgan fingerprint density at radius 2 is 0.690 bits per heavy atom. The molecule has 3 heteroatoms. The highest BCUT2D eigenvalue weighted by Crippen LogP contribution is 2.10. The fourth-order valence-electron chi connectivity index (χ4n) is 3.51. The summed E-state index contributed by atoms with van der Waals surface area (Å²) in [6.45, 7) is 8.38. The van der Waals surface area contributed by atoms with Crippen LogP contribution in [-0.4, -0.2) is 37.9 Å². The Hall–Kier alpha value is 0.270. The molecule has 0 aromatic rings. The van der Waals surface area contributed by atoms with Crippen LogP contribution in [0.1, 0.15) is 129 Å². The minimum absolute atomic E-state index is 0.943. The van der Waals surface area contributed by atoms with Crippen molar-refractivity contribution < 1.29 is 9.47 Å². The SMILES string of the molecule is CCCCCCCCCCOCCCSCCCOCCCCCCCCCC. The van der Waals surface area contributed by atoms with E-state index < -0.39 is 0 Å². The van der Waals surface area contributed by atoms with Gasteiger partial charge in [0.25, 0.3) is 0 Å². The lowest BCUT2D eigenvalue weighted by molar-refractivity contribution is 0.130. The van der Waals surface area contributed by atoms with Gasteiger partial charge in [-0.15, -0.1) is 0 Å². The van der Waals surface area contributed by atoms with Crippen LogP contribution in [0.3, 0.4) is 0 Å². The van der Waals surface area contributed by atoms with Gasteiger partial charge in [0.05, 0.1) is 0 Å². The summed E-state index contributed by atoms with van der Waals surface area (Å²) in [6, 6.07) is 0. The minimum atomic E-state index is 0.943. The molecule has 0 aliphatic heterocycles. The zero-order chi connectivity index (χ0) is 21.1. The van der Waals surface area contributed by atoms with Crippen LogP contribution in [0.5, 0.6) is 0 Å². The molecule has 0 rings (SSSR count). The van der Waals surface area contributed by atoms with Gasteiger partial charge in [-0.05, 0) is 37.2 Å². The van der Waals surface area contributed by atoms with Gasteiger partial charge in [0, 0.05) is 26.4 Å². The molecule has 0 heterocycles. The summed E-state index contributed by atoms with van der Waals surface area (Å²) in [6.07, 6.45) is 24.4. The summed E-state index contributed by atoms with van der Waals surface area (Å²) in [5.74, 6) is 2.46. The summed E-state index contributed by atoms with van der Waals surface area (Å²) in [5, 5.41) is 0. The Bertz CT molecular complexity index is 247. The molecule has 0 spiro atoms. The second-order valence-corrected chi connectivity index (χ2v) is 9.72. The molecule has 0 bridgehead atoms. The number of hydrogen-bond donors (Lipinski definition) is 0. The van der Waals surface area contributed by atoms with E-state index in [0.29, 0.717) is 0 Å². The molecular weight excluding hydrogens is 376 g/mol. The zero-order valence-corrected chi connectivity index (χ0v) is 21.0. The highest BCUT2D eigenvalue weighted by atomic mass is 32.2. The lowest BCUT2D eigenvalue weighted by atomic mass is 10.1. The van der Waals surface area contributed by atoms with E-state index >= 15 is 0 Å². The maximum atomic E-state index is 5.76. The van der Waals surface area contributed by atoms with Gasteiger partial charge in [-0.3, -0.25) is 0 Å². The number of unbranched alkanes of at least 4 members (excludes halogenated alkanes) is 14. The second kappa shape index (κ2) is 28.3. The van der Waals surface area contributed by atoms with Crippen molar-refractivity contribution in [1.29, 1.82) is 0 Å². The van der Waals surface area contributed by atoms with E-state index in [2.05, 4.69) is 25.6 Å². The third-order valence-corrected chi connectivity index (χ3v) is 6.59. The van der Waals surface area contributed by atoms with E-state index in [9.17, 15) is 0 Å². The molecule has 0 aliphatic carbocycles. The van der Waals surface area contributed by atoms with Crippen molar-refractivity contribution in [3.05, 3.63) is 0 Å². The normalized spacial score (nSPS) is 11.4. The molecule has 0 aromatic heterocycles. The van der Waals surface area contributed by atoms with Crippen LogP contribution in [0.4, 0.5) is 0 Å².